The summed E-state index contributed by atoms with van der Waals surface area (Å²) in [6.07, 6.45) is -13.9. The summed E-state index contributed by atoms with van der Waals surface area (Å²) < 4.78 is 90.0. The number of aromatic amines is 1. The quantitative estimate of drug-likeness (QED) is 0.301. The SMILES string of the molecule is C[C@@H](Oc1ccc(-c2nc3c(c(=O)[nH]c(=O)n3C[C@H](O)C(F)(F)F)n2C)cc1OC(F)(F)F)c1ccc(Cl)cc1. The summed E-state index contributed by atoms with van der Waals surface area (Å²) >= 11 is 5.87. The van der Waals surface area contributed by atoms with Crippen LogP contribution in [0.3, 0.4) is 0 Å². The Morgan fingerprint density at radius 1 is 1.05 bits per heavy atom. The van der Waals surface area contributed by atoms with Crippen molar-refractivity contribution in [3.63, 3.8) is 0 Å². The molecule has 0 aliphatic carbocycles. The highest BCUT2D eigenvalue weighted by Crippen LogP contribution is 2.38. The number of H-pyrrole nitrogens is 1. The smallest absolute Gasteiger partial charge is 0.482 e. The second-order valence-corrected chi connectivity index (χ2v) is 9.05. The minimum Gasteiger partial charge on any atom is -0.482 e. The van der Waals surface area contributed by atoms with E-state index in [2.05, 4.69) is 9.72 Å². The van der Waals surface area contributed by atoms with E-state index in [1.54, 1.807) is 31.2 Å². The number of hydrogen-bond acceptors (Lipinski definition) is 6. The highest BCUT2D eigenvalue weighted by Gasteiger charge is 2.39. The maximum absolute atomic E-state index is 13.3. The van der Waals surface area contributed by atoms with Gasteiger partial charge >= 0.3 is 18.2 Å². The molecule has 16 heteroatoms. The molecule has 0 aliphatic heterocycles. The number of aromatic nitrogens is 4. The van der Waals surface area contributed by atoms with Gasteiger partial charge in [0.2, 0.25) is 0 Å². The van der Waals surface area contributed by atoms with E-state index in [1.807, 2.05) is 4.98 Å². The van der Waals surface area contributed by atoms with Crippen molar-refractivity contribution >= 4 is 22.8 Å². The molecule has 2 aromatic carbocycles. The van der Waals surface area contributed by atoms with E-state index in [-0.39, 0.29) is 22.7 Å². The normalized spacial score (nSPS) is 13.8. The zero-order valence-electron chi connectivity index (χ0n) is 20.5. The Labute approximate surface area is 225 Å². The molecule has 0 saturated heterocycles. The third-order valence-electron chi connectivity index (χ3n) is 5.82. The predicted octanol–water partition coefficient (Wildman–Crippen LogP) is 4.71. The summed E-state index contributed by atoms with van der Waals surface area (Å²) in [5, 5.41) is 9.92. The summed E-state index contributed by atoms with van der Waals surface area (Å²) in [6, 6.07) is 9.76. The lowest BCUT2D eigenvalue weighted by Gasteiger charge is -2.19. The zero-order chi connectivity index (χ0) is 29.6. The lowest BCUT2D eigenvalue weighted by Crippen LogP contribution is -2.39. The van der Waals surface area contributed by atoms with Crippen molar-refractivity contribution in [2.45, 2.75) is 38.2 Å². The molecule has 9 nitrogen and oxygen atoms in total. The second-order valence-electron chi connectivity index (χ2n) is 8.61. The van der Waals surface area contributed by atoms with Crippen LogP contribution in [0.1, 0.15) is 18.6 Å². The summed E-state index contributed by atoms with van der Waals surface area (Å²) in [6.45, 7) is 0.296. The van der Waals surface area contributed by atoms with Crippen LogP contribution in [-0.2, 0) is 13.6 Å². The van der Waals surface area contributed by atoms with E-state index in [4.69, 9.17) is 16.3 Å². The molecule has 0 spiro atoms. The Morgan fingerprint density at radius 3 is 2.30 bits per heavy atom. The fourth-order valence-electron chi connectivity index (χ4n) is 3.89. The van der Waals surface area contributed by atoms with E-state index in [9.17, 15) is 41.0 Å². The third kappa shape index (κ3) is 6.09. The molecule has 2 atom stereocenters. The minimum absolute atomic E-state index is 0.0563. The summed E-state index contributed by atoms with van der Waals surface area (Å²) in [5.41, 5.74) is -2.63. The predicted molar refractivity (Wildman–Crippen MR) is 130 cm³/mol. The van der Waals surface area contributed by atoms with Gasteiger partial charge < -0.3 is 19.1 Å². The van der Waals surface area contributed by atoms with Gasteiger partial charge in [-0.3, -0.25) is 14.3 Å². The molecule has 0 amide bonds. The van der Waals surface area contributed by atoms with Gasteiger partial charge in [0.25, 0.3) is 5.56 Å². The molecule has 214 valence electrons. The molecular weight excluding hydrogens is 574 g/mol. The van der Waals surface area contributed by atoms with Gasteiger partial charge in [0, 0.05) is 17.6 Å². The summed E-state index contributed by atoms with van der Waals surface area (Å²) in [7, 11) is 1.27. The number of ether oxygens (including phenoxy) is 2. The van der Waals surface area contributed by atoms with Gasteiger partial charge in [-0.05, 0) is 42.8 Å². The van der Waals surface area contributed by atoms with Crippen molar-refractivity contribution in [3.8, 4) is 22.9 Å². The topological polar surface area (TPSA) is 111 Å². The number of nitrogens with one attached hydrogen (secondary N) is 1. The molecule has 2 N–H and O–H groups in total. The van der Waals surface area contributed by atoms with Gasteiger partial charge in [-0.2, -0.15) is 13.2 Å². The summed E-state index contributed by atoms with van der Waals surface area (Å²) in [5.74, 6) is -1.26. The first-order valence-corrected chi connectivity index (χ1v) is 11.7. The summed E-state index contributed by atoms with van der Waals surface area (Å²) in [4.78, 5) is 30.7. The van der Waals surface area contributed by atoms with E-state index in [0.717, 1.165) is 16.7 Å². The standard InChI is InChI=1S/C24H19ClF6N4O5/c1-11(12-3-6-14(25)7-4-12)39-15-8-5-13(9-16(15)40-24(29,30)31)19-32-20-18(34(19)2)21(37)33-22(38)35(20)10-17(36)23(26,27)28/h3-9,11,17,36H,10H2,1-2H3,(H,33,37,38)/t11-,17+/m1/s1. The van der Waals surface area contributed by atoms with Crippen LogP contribution in [0.25, 0.3) is 22.6 Å². The van der Waals surface area contributed by atoms with Crippen molar-refractivity contribution in [1.82, 2.24) is 19.1 Å². The van der Waals surface area contributed by atoms with Gasteiger partial charge in [-0.1, -0.05) is 23.7 Å². The first-order chi connectivity index (χ1) is 18.5. The van der Waals surface area contributed by atoms with Crippen LogP contribution in [0.2, 0.25) is 5.02 Å². The van der Waals surface area contributed by atoms with Crippen molar-refractivity contribution in [3.05, 3.63) is 73.9 Å². The Morgan fingerprint density at radius 2 is 1.70 bits per heavy atom. The van der Waals surface area contributed by atoms with Crippen LogP contribution in [0, 0.1) is 0 Å². The lowest BCUT2D eigenvalue weighted by molar-refractivity contribution is -0.275. The van der Waals surface area contributed by atoms with Crippen LogP contribution in [-0.4, -0.2) is 42.9 Å². The van der Waals surface area contributed by atoms with Crippen LogP contribution in [0.15, 0.2) is 52.1 Å². The Hall–Kier alpha value is -3.98. The fourth-order valence-corrected chi connectivity index (χ4v) is 4.02. The van der Waals surface area contributed by atoms with Crippen LogP contribution < -0.4 is 20.7 Å². The number of aliphatic hydroxyl groups is 1. The molecular formula is C24H19ClF6N4O5. The Bertz CT molecular complexity index is 1660. The third-order valence-corrected chi connectivity index (χ3v) is 6.07. The second kappa shape index (κ2) is 10.5. The molecule has 0 aliphatic rings. The number of hydrogen-bond donors (Lipinski definition) is 2. The van der Waals surface area contributed by atoms with Gasteiger partial charge in [0.1, 0.15) is 11.9 Å². The average molecular weight is 593 g/mol. The number of halogens is 7. The average Bonchev–Trinajstić information content (AvgIpc) is 3.19. The van der Waals surface area contributed by atoms with Gasteiger partial charge in [-0.15, -0.1) is 13.2 Å². The largest absolute Gasteiger partial charge is 0.573 e. The molecule has 0 radical (unpaired) electrons. The number of rotatable bonds is 7. The molecule has 0 unspecified atom stereocenters. The molecule has 2 heterocycles. The van der Waals surface area contributed by atoms with Gasteiger partial charge in [0.15, 0.2) is 28.8 Å². The van der Waals surface area contributed by atoms with Crippen molar-refractivity contribution in [2.75, 3.05) is 0 Å². The molecule has 0 saturated carbocycles. The molecule has 0 bridgehead atoms. The number of benzene rings is 2. The van der Waals surface area contributed by atoms with Gasteiger partial charge in [0.05, 0.1) is 6.54 Å². The zero-order valence-corrected chi connectivity index (χ0v) is 21.2. The molecule has 2 aromatic heterocycles. The molecule has 40 heavy (non-hydrogen) atoms. The number of alkyl halides is 6. The monoisotopic (exact) mass is 592 g/mol. The van der Waals surface area contributed by atoms with E-state index >= 15 is 0 Å². The minimum atomic E-state index is -5.13. The highest BCUT2D eigenvalue weighted by atomic mass is 35.5. The fraction of sp³-hybridized carbons (Fsp3) is 0.292. The number of fused-ring (bicyclic) bond motifs is 1. The van der Waals surface area contributed by atoms with E-state index in [0.29, 0.717) is 15.2 Å². The van der Waals surface area contributed by atoms with Crippen LogP contribution in [0.4, 0.5) is 26.3 Å². The van der Waals surface area contributed by atoms with E-state index in [1.165, 1.54) is 13.1 Å². The van der Waals surface area contributed by atoms with Crippen molar-refractivity contribution in [2.24, 2.45) is 7.05 Å². The number of aliphatic hydroxyl groups excluding tert-OH is 1. The van der Waals surface area contributed by atoms with Gasteiger partial charge in [-0.25, -0.2) is 9.78 Å². The molecule has 0 fully saturated rings. The Balaban J connectivity index is 1.81. The molecule has 4 aromatic rings. The van der Waals surface area contributed by atoms with E-state index < -0.39 is 53.9 Å². The number of nitrogens with zero attached hydrogens (tertiary/aromatic N) is 3. The number of imidazole rings is 1. The van der Waals surface area contributed by atoms with Crippen molar-refractivity contribution in [1.29, 1.82) is 0 Å². The lowest BCUT2D eigenvalue weighted by atomic mass is 10.1. The first-order valence-electron chi connectivity index (χ1n) is 11.3. The first kappa shape index (κ1) is 29.0. The number of aryl methyl sites for hydroxylation is 1. The highest BCUT2D eigenvalue weighted by molar-refractivity contribution is 6.30. The van der Waals surface area contributed by atoms with Crippen LogP contribution >= 0.6 is 11.6 Å². The maximum atomic E-state index is 13.3. The molecule has 4 rings (SSSR count). The van der Waals surface area contributed by atoms with Crippen LogP contribution in [0.5, 0.6) is 11.5 Å². The Kier molecular flexibility index (Phi) is 7.64. The van der Waals surface area contributed by atoms with Crippen molar-refractivity contribution < 1.29 is 40.9 Å². The maximum Gasteiger partial charge on any atom is 0.573 e.